The number of piperazine rings is 1. The van der Waals surface area contributed by atoms with Crippen molar-refractivity contribution in [3.05, 3.63) is 72.6 Å². The third-order valence-corrected chi connectivity index (χ3v) is 7.41. The zero-order chi connectivity index (χ0) is 28.8. The van der Waals surface area contributed by atoms with E-state index in [1.807, 2.05) is 42.5 Å². The molecule has 41 heavy (non-hydrogen) atoms. The van der Waals surface area contributed by atoms with Crippen molar-refractivity contribution in [3.8, 4) is 18.1 Å². The van der Waals surface area contributed by atoms with Crippen LogP contribution in [0.2, 0.25) is 0 Å². The molecule has 212 valence electrons. The van der Waals surface area contributed by atoms with Crippen molar-refractivity contribution in [2.75, 3.05) is 67.0 Å². The Bertz CT molecular complexity index is 1450. The molecule has 1 atom stereocenters. The number of carbonyl (C=O) groups is 1. The molecule has 2 N–H and O–H groups in total. The molecule has 2 aliphatic rings. The zero-order valence-corrected chi connectivity index (χ0v) is 23.5. The standard InChI is InChI=1S/C31H35N7O3/c1-5-22-9-8-10-23(17-22)26-11-16-41-38(26)30-20-29(32-21-33-30)34-25-18-24(35-31(39)6-2)27(19-28(25)40-4)37-14-12-36(7-3)13-15-37/h1,6,8-10,17-21,26H,2,7,11-16H2,3-4H3,(H,35,39)(H,32,33,34)/t26-/m1/s1. The predicted molar refractivity (Wildman–Crippen MR) is 162 cm³/mol. The number of ether oxygens (including phenoxy) is 1. The van der Waals surface area contributed by atoms with Crippen LogP contribution >= 0.6 is 0 Å². The highest BCUT2D eigenvalue weighted by atomic mass is 16.7. The normalized spacial score (nSPS) is 17.1. The van der Waals surface area contributed by atoms with Gasteiger partial charge in [0.25, 0.3) is 0 Å². The number of likely N-dealkylation sites (N-methyl/N-ethyl adjacent to an activating group) is 1. The molecular formula is C31H35N7O3. The lowest BCUT2D eigenvalue weighted by atomic mass is 10.0. The number of anilines is 5. The van der Waals surface area contributed by atoms with Gasteiger partial charge in [0, 0.05) is 50.3 Å². The maximum Gasteiger partial charge on any atom is 0.247 e. The molecule has 0 bridgehead atoms. The van der Waals surface area contributed by atoms with Crippen molar-refractivity contribution in [2.24, 2.45) is 0 Å². The fraction of sp³-hybridized carbons (Fsp3) is 0.323. The van der Waals surface area contributed by atoms with Crippen LogP contribution in [0.3, 0.4) is 0 Å². The summed E-state index contributed by atoms with van der Waals surface area (Å²) in [5.41, 5.74) is 4.08. The van der Waals surface area contributed by atoms with E-state index in [9.17, 15) is 4.79 Å². The number of methoxy groups -OCH3 is 1. The van der Waals surface area contributed by atoms with E-state index in [0.717, 1.165) is 56.0 Å². The topological polar surface area (TPSA) is 95.1 Å². The Kier molecular flexibility index (Phi) is 8.67. The number of aromatic nitrogens is 2. The summed E-state index contributed by atoms with van der Waals surface area (Å²) in [4.78, 5) is 31.9. The number of carbonyl (C=O) groups excluding carboxylic acids is 1. The molecule has 1 amide bonds. The van der Waals surface area contributed by atoms with Gasteiger partial charge in [-0.25, -0.2) is 15.0 Å². The van der Waals surface area contributed by atoms with Crippen LogP contribution < -0.4 is 25.3 Å². The average molecular weight is 554 g/mol. The predicted octanol–water partition coefficient (Wildman–Crippen LogP) is 4.36. The number of nitrogens with zero attached hydrogens (tertiary/aromatic N) is 5. The third-order valence-electron chi connectivity index (χ3n) is 7.41. The number of hydrogen-bond donors (Lipinski definition) is 2. The molecule has 10 heteroatoms. The van der Waals surface area contributed by atoms with Crippen molar-refractivity contribution < 1.29 is 14.4 Å². The first-order chi connectivity index (χ1) is 20.0. The molecular weight excluding hydrogens is 518 g/mol. The minimum Gasteiger partial charge on any atom is -0.494 e. The van der Waals surface area contributed by atoms with Crippen LogP contribution in [0.5, 0.6) is 5.75 Å². The molecule has 0 saturated carbocycles. The second-order valence-corrected chi connectivity index (χ2v) is 9.80. The lowest BCUT2D eigenvalue weighted by Gasteiger charge is -2.36. The fourth-order valence-electron chi connectivity index (χ4n) is 5.19. The summed E-state index contributed by atoms with van der Waals surface area (Å²) in [6.45, 7) is 10.9. The molecule has 0 spiro atoms. The summed E-state index contributed by atoms with van der Waals surface area (Å²) >= 11 is 0. The van der Waals surface area contributed by atoms with Crippen LogP contribution in [-0.2, 0) is 9.63 Å². The third kappa shape index (κ3) is 6.27. The van der Waals surface area contributed by atoms with Crippen molar-refractivity contribution in [2.45, 2.75) is 19.4 Å². The summed E-state index contributed by atoms with van der Waals surface area (Å²) in [5, 5.41) is 8.12. The monoisotopic (exact) mass is 553 g/mol. The minimum absolute atomic E-state index is 0.0336. The van der Waals surface area contributed by atoms with Crippen molar-refractivity contribution in [1.29, 1.82) is 0 Å². The first kappa shape index (κ1) is 28.0. The first-order valence-corrected chi connectivity index (χ1v) is 13.7. The molecule has 3 heterocycles. The van der Waals surface area contributed by atoms with Gasteiger partial charge in [-0.2, -0.15) is 0 Å². The Balaban J connectivity index is 1.43. The second kappa shape index (κ2) is 12.7. The van der Waals surface area contributed by atoms with Crippen LogP contribution in [0.1, 0.15) is 30.5 Å². The van der Waals surface area contributed by atoms with Gasteiger partial charge in [-0.05, 0) is 36.4 Å². The van der Waals surface area contributed by atoms with E-state index in [4.69, 9.17) is 16.0 Å². The van der Waals surface area contributed by atoms with E-state index in [2.05, 4.69) is 49.8 Å². The Morgan fingerprint density at radius 2 is 2.02 bits per heavy atom. The zero-order valence-electron chi connectivity index (χ0n) is 23.5. The number of hydrogen-bond acceptors (Lipinski definition) is 9. The Labute approximate surface area is 240 Å². The maximum atomic E-state index is 12.4. The fourth-order valence-corrected chi connectivity index (χ4v) is 5.19. The number of terminal acetylenes is 1. The molecule has 2 saturated heterocycles. The van der Waals surface area contributed by atoms with Gasteiger partial charge in [0.15, 0.2) is 5.82 Å². The summed E-state index contributed by atoms with van der Waals surface area (Å²) in [7, 11) is 1.62. The van der Waals surface area contributed by atoms with Gasteiger partial charge in [-0.3, -0.25) is 9.63 Å². The highest BCUT2D eigenvalue weighted by Crippen LogP contribution is 2.40. The molecule has 3 aromatic rings. The lowest BCUT2D eigenvalue weighted by Crippen LogP contribution is -2.46. The number of benzene rings is 2. The van der Waals surface area contributed by atoms with Gasteiger partial charge >= 0.3 is 0 Å². The van der Waals surface area contributed by atoms with Gasteiger partial charge in [0.1, 0.15) is 17.9 Å². The second-order valence-electron chi connectivity index (χ2n) is 9.80. The smallest absolute Gasteiger partial charge is 0.247 e. The van der Waals surface area contributed by atoms with E-state index >= 15 is 0 Å². The SMILES string of the molecule is C#Cc1cccc([C@H]2CCON2c2cc(Nc3cc(NC(=O)C=C)c(N4CCN(CC)CC4)cc3OC)ncn2)c1. The lowest BCUT2D eigenvalue weighted by molar-refractivity contribution is -0.111. The number of amides is 1. The van der Waals surface area contributed by atoms with Gasteiger partial charge in [-0.1, -0.05) is 31.6 Å². The molecule has 10 nitrogen and oxygen atoms in total. The van der Waals surface area contributed by atoms with Crippen LogP contribution in [-0.4, -0.2) is 67.2 Å². The largest absolute Gasteiger partial charge is 0.494 e. The maximum absolute atomic E-state index is 12.4. The van der Waals surface area contributed by atoms with E-state index in [1.165, 1.54) is 12.4 Å². The molecule has 2 aliphatic heterocycles. The molecule has 0 unspecified atom stereocenters. The molecule has 5 rings (SSSR count). The minimum atomic E-state index is -0.287. The first-order valence-electron chi connectivity index (χ1n) is 13.7. The molecule has 1 aromatic heterocycles. The average Bonchev–Trinajstić information content (AvgIpc) is 3.52. The van der Waals surface area contributed by atoms with Crippen LogP contribution in [0, 0.1) is 12.3 Å². The summed E-state index contributed by atoms with van der Waals surface area (Å²) in [5.74, 6) is 4.19. The van der Waals surface area contributed by atoms with E-state index in [-0.39, 0.29) is 11.9 Å². The number of rotatable bonds is 9. The van der Waals surface area contributed by atoms with Crippen LogP contribution in [0.25, 0.3) is 0 Å². The van der Waals surface area contributed by atoms with Crippen molar-refractivity contribution >= 4 is 34.6 Å². The molecule has 2 fully saturated rings. The quantitative estimate of drug-likeness (QED) is 0.296. The van der Waals surface area contributed by atoms with Gasteiger partial charge in [0.05, 0.1) is 36.8 Å². The summed E-state index contributed by atoms with van der Waals surface area (Å²) in [6.07, 6.45) is 9.17. The van der Waals surface area contributed by atoms with Crippen molar-refractivity contribution in [3.63, 3.8) is 0 Å². The Morgan fingerprint density at radius 3 is 2.76 bits per heavy atom. The highest BCUT2D eigenvalue weighted by molar-refractivity contribution is 6.02. The van der Waals surface area contributed by atoms with Crippen LogP contribution in [0.4, 0.5) is 28.7 Å². The van der Waals surface area contributed by atoms with E-state index in [0.29, 0.717) is 35.4 Å². The molecule has 0 aliphatic carbocycles. The van der Waals surface area contributed by atoms with E-state index in [1.54, 1.807) is 12.2 Å². The van der Waals surface area contributed by atoms with Gasteiger partial charge in [-0.15, -0.1) is 6.42 Å². The summed E-state index contributed by atoms with van der Waals surface area (Å²) < 4.78 is 5.78. The summed E-state index contributed by atoms with van der Waals surface area (Å²) in [6, 6.07) is 13.5. The number of nitrogens with one attached hydrogen (secondary N) is 2. The molecule has 2 aromatic carbocycles. The van der Waals surface area contributed by atoms with Crippen LogP contribution in [0.15, 0.2) is 61.4 Å². The highest BCUT2D eigenvalue weighted by Gasteiger charge is 2.29. The molecule has 0 radical (unpaired) electrons. The Hall–Kier alpha value is -4.59. The van der Waals surface area contributed by atoms with Crippen molar-refractivity contribution in [1.82, 2.24) is 14.9 Å². The Morgan fingerprint density at radius 1 is 1.20 bits per heavy atom. The van der Waals surface area contributed by atoms with E-state index < -0.39 is 0 Å². The van der Waals surface area contributed by atoms with Gasteiger partial charge in [0.2, 0.25) is 5.91 Å². The van der Waals surface area contributed by atoms with Gasteiger partial charge < -0.3 is 25.2 Å². The number of hydroxylamine groups is 1.